The lowest BCUT2D eigenvalue weighted by Crippen LogP contribution is -2.00. The molecule has 0 aliphatic rings. The van der Waals surface area contributed by atoms with Crippen LogP contribution >= 0.6 is 0 Å². The van der Waals surface area contributed by atoms with Gasteiger partial charge in [-0.3, -0.25) is 0 Å². The number of carbonyl (C=O) groups excluding carboxylic acids is 1. The van der Waals surface area contributed by atoms with E-state index in [0.29, 0.717) is 5.76 Å². The molecular formula is C9H12N2O3. The first-order valence-corrected chi connectivity index (χ1v) is 4.03. The number of esters is 1. The fraction of sp³-hybridized carbons (Fsp3) is 0.333. The van der Waals surface area contributed by atoms with E-state index in [4.69, 9.17) is 4.52 Å². The van der Waals surface area contributed by atoms with E-state index in [2.05, 4.69) is 9.89 Å². The van der Waals surface area contributed by atoms with Gasteiger partial charge in [-0.15, -0.1) is 0 Å². The van der Waals surface area contributed by atoms with Crippen molar-refractivity contribution in [1.29, 1.82) is 0 Å². The molecule has 0 spiro atoms. The Bertz CT molecular complexity index is 342. The summed E-state index contributed by atoms with van der Waals surface area (Å²) in [6, 6.07) is 1.52. The standard InChI is InChI=1S/C9H12N2O3/c1-11(2)5-4-7-6-8(10-14-7)9(12)13-3/h4-6H,1-3H3/b5-4+. The lowest BCUT2D eigenvalue weighted by atomic mass is 10.3. The van der Waals surface area contributed by atoms with E-state index in [9.17, 15) is 4.79 Å². The summed E-state index contributed by atoms with van der Waals surface area (Å²) < 4.78 is 9.35. The summed E-state index contributed by atoms with van der Waals surface area (Å²) in [6.45, 7) is 0. The molecule has 0 radical (unpaired) electrons. The highest BCUT2D eigenvalue weighted by Crippen LogP contribution is 2.06. The molecule has 76 valence electrons. The van der Waals surface area contributed by atoms with Gasteiger partial charge >= 0.3 is 5.97 Å². The lowest BCUT2D eigenvalue weighted by molar-refractivity contribution is 0.0589. The zero-order chi connectivity index (χ0) is 10.6. The Morgan fingerprint density at radius 2 is 2.36 bits per heavy atom. The molecule has 1 heterocycles. The Morgan fingerprint density at radius 3 is 2.93 bits per heavy atom. The minimum atomic E-state index is -0.502. The second kappa shape index (κ2) is 4.45. The van der Waals surface area contributed by atoms with E-state index in [-0.39, 0.29) is 5.69 Å². The summed E-state index contributed by atoms with van der Waals surface area (Å²) in [5.41, 5.74) is 0.172. The fourth-order valence-electron chi connectivity index (χ4n) is 0.791. The topological polar surface area (TPSA) is 55.6 Å². The lowest BCUT2D eigenvalue weighted by Gasteiger charge is -2.00. The van der Waals surface area contributed by atoms with Gasteiger partial charge in [0.15, 0.2) is 11.5 Å². The quantitative estimate of drug-likeness (QED) is 0.675. The molecule has 1 rings (SSSR count). The Morgan fingerprint density at radius 1 is 1.64 bits per heavy atom. The van der Waals surface area contributed by atoms with Gasteiger partial charge in [0, 0.05) is 26.4 Å². The Kier molecular flexibility index (Phi) is 3.28. The molecule has 5 nitrogen and oxygen atoms in total. The fourth-order valence-corrected chi connectivity index (χ4v) is 0.791. The van der Waals surface area contributed by atoms with E-state index in [0.717, 1.165) is 0 Å². The molecule has 0 saturated heterocycles. The summed E-state index contributed by atoms with van der Waals surface area (Å²) in [6.07, 6.45) is 3.50. The average Bonchev–Trinajstić information content (AvgIpc) is 2.62. The van der Waals surface area contributed by atoms with Crippen LogP contribution in [-0.2, 0) is 4.74 Å². The van der Waals surface area contributed by atoms with Gasteiger partial charge in [0.1, 0.15) is 0 Å². The molecular weight excluding hydrogens is 184 g/mol. The second-order valence-electron chi connectivity index (χ2n) is 2.89. The maximum Gasteiger partial charge on any atom is 0.360 e. The van der Waals surface area contributed by atoms with Crippen LogP contribution in [0.1, 0.15) is 16.2 Å². The number of nitrogens with zero attached hydrogens (tertiary/aromatic N) is 2. The Balaban J connectivity index is 2.73. The molecule has 0 aliphatic heterocycles. The zero-order valence-corrected chi connectivity index (χ0v) is 8.35. The van der Waals surface area contributed by atoms with Gasteiger partial charge in [-0.1, -0.05) is 5.16 Å². The van der Waals surface area contributed by atoms with Crippen molar-refractivity contribution in [3.8, 4) is 0 Å². The Hall–Kier alpha value is -1.78. The molecule has 0 saturated carbocycles. The van der Waals surface area contributed by atoms with Crippen LogP contribution < -0.4 is 0 Å². The predicted molar refractivity (Wildman–Crippen MR) is 50.6 cm³/mol. The van der Waals surface area contributed by atoms with Gasteiger partial charge in [-0.2, -0.15) is 0 Å². The van der Waals surface area contributed by atoms with Crippen LogP contribution in [0, 0.1) is 0 Å². The monoisotopic (exact) mass is 196 g/mol. The minimum absolute atomic E-state index is 0.172. The smallest absolute Gasteiger partial charge is 0.360 e. The number of hydrogen-bond acceptors (Lipinski definition) is 5. The van der Waals surface area contributed by atoms with Crippen molar-refractivity contribution in [3.05, 3.63) is 23.7 Å². The van der Waals surface area contributed by atoms with Gasteiger partial charge < -0.3 is 14.2 Å². The highest BCUT2D eigenvalue weighted by atomic mass is 16.5. The van der Waals surface area contributed by atoms with Crippen LogP contribution in [0.25, 0.3) is 6.08 Å². The summed E-state index contributed by atoms with van der Waals surface area (Å²) in [7, 11) is 5.06. The first-order chi connectivity index (χ1) is 6.63. The molecule has 14 heavy (non-hydrogen) atoms. The summed E-state index contributed by atoms with van der Waals surface area (Å²) in [5.74, 6) is 0.0114. The first-order valence-electron chi connectivity index (χ1n) is 4.03. The summed E-state index contributed by atoms with van der Waals surface area (Å²) in [4.78, 5) is 12.8. The predicted octanol–water partition coefficient (Wildman–Crippen LogP) is 0.994. The third kappa shape index (κ3) is 2.62. The first kappa shape index (κ1) is 10.3. The maximum absolute atomic E-state index is 11.0. The molecule has 0 N–H and O–H groups in total. The van der Waals surface area contributed by atoms with Crippen LogP contribution in [0.15, 0.2) is 16.8 Å². The van der Waals surface area contributed by atoms with Crippen molar-refractivity contribution in [2.45, 2.75) is 0 Å². The van der Waals surface area contributed by atoms with E-state index < -0.39 is 5.97 Å². The Labute approximate surface area is 81.9 Å². The van der Waals surface area contributed by atoms with Gasteiger partial charge in [0.2, 0.25) is 0 Å². The third-order valence-electron chi connectivity index (χ3n) is 1.46. The van der Waals surface area contributed by atoms with Crippen molar-refractivity contribution in [1.82, 2.24) is 10.1 Å². The minimum Gasteiger partial charge on any atom is -0.464 e. The molecule has 1 aromatic rings. The average molecular weight is 196 g/mol. The van der Waals surface area contributed by atoms with Crippen molar-refractivity contribution in [3.63, 3.8) is 0 Å². The highest BCUT2D eigenvalue weighted by molar-refractivity contribution is 5.87. The highest BCUT2D eigenvalue weighted by Gasteiger charge is 2.10. The van der Waals surface area contributed by atoms with Gasteiger partial charge in [0.05, 0.1) is 7.11 Å². The molecule has 0 atom stereocenters. The van der Waals surface area contributed by atoms with Crippen LogP contribution in [0.2, 0.25) is 0 Å². The molecule has 0 fully saturated rings. The van der Waals surface area contributed by atoms with Crippen LogP contribution in [0.5, 0.6) is 0 Å². The number of hydrogen-bond donors (Lipinski definition) is 0. The largest absolute Gasteiger partial charge is 0.464 e. The number of carbonyl (C=O) groups is 1. The molecule has 0 aromatic carbocycles. The van der Waals surface area contributed by atoms with Crippen LogP contribution in [-0.4, -0.2) is 37.2 Å². The van der Waals surface area contributed by atoms with E-state index in [1.54, 1.807) is 12.3 Å². The molecule has 0 amide bonds. The molecule has 0 unspecified atom stereocenters. The number of aromatic nitrogens is 1. The van der Waals surface area contributed by atoms with Crippen molar-refractivity contribution in [2.24, 2.45) is 0 Å². The maximum atomic E-state index is 11.0. The van der Waals surface area contributed by atoms with Gasteiger partial charge in [0.25, 0.3) is 0 Å². The van der Waals surface area contributed by atoms with E-state index in [1.165, 1.54) is 13.2 Å². The SMILES string of the molecule is COC(=O)c1cc(/C=C/N(C)C)on1. The normalized spacial score (nSPS) is 10.5. The van der Waals surface area contributed by atoms with Gasteiger partial charge in [-0.05, 0) is 6.08 Å². The van der Waals surface area contributed by atoms with Crippen LogP contribution in [0.4, 0.5) is 0 Å². The van der Waals surface area contributed by atoms with E-state index in [1.807, 2.05) is 19.0 Å². The molecule has 0 aliphatic carbocycles. The molecule has 5 heteroatoms. The van der Waals surface area contributed by atoms with Crippen molar-refractivity contribution in [2.75, 3.05) is 21.2 Å². The van der Waals surface area contributed by atoms with Crippen molar-refractivity contribution < 1.29 is 14.1 Å². The van der Waals surface area contributed by atoms with Crippen LogP contribution in [0.3, 0.4) is 0 Å². The van der Waals surface area contributed by atoms with Gasteiger partial charge in [-0.25, -0.2) is 4.79 Å². The third-order valence-corrected chi connectivity index (χ3v) is 1.46. The summed E-state index contributed by atoms with van der Waals surface area (Å²) in [5, 5.41) is 3.55. The number of methoxy groups -OCH3 is 1. The number of rotatable bonds is 3. The zero-order valence-electron chi connectivity index (χ0n) is 8.35. The van der Waals surface area contributed by atoms with Crippen molar-refractivity contribution >= 4 is 12.0 Å². The second-order valence-corrected chi connectivity index (χ2v) is 2.89. The van der Waals surface area contributed by atoms with E-state index >= 15 is 0 Å². The summed E-state index contributed by atoms with van der Waals surface area (Å²) >= 11 is 0. The molecule has 1 aromatic heterocycles. The number of ether oxygens (including phenoxy) is 1. The molecule has 0 bridgehead atoms.